The van der Waals surface area contributed by atoms with E-state index in [9.17, 15) is 18.0 Å². The molecule has 0 aromatic heterocycles. The van der Waals surface area contributed by atoms with E-state index in [1.807, 2.05) is 0 Å². The molecule has 7 nitrogen and oxygen atoms in total. The summed E-state index contributed by atoms with van der Waals surface area (Å²) in [6, 6.07) is 5.36. The van der Waals surface area contributed by atoms with Gasteiger partial charge in [-0.1, -0.05) is 0 Å². The van der Waals surface area contributed by atoms with E-state index in [0.29, 0.717) is 5.56 Å². The fraction of sp³-hybridized carbons (Fsp3) is 0.429. The average molecular weight is 328 g/mol. The van der Waals surface area contributed by atoms with Gasteiger partial charge in [-0.05, 0) is 45.2 Å². The highest BCUT2D eigenvalue weighted by Crippen LogP contribution is 2.14. The summed E-state index contributed by atoms with van der Waals surface area (Å²) >= 11 is 0. The summed E-state index contributed by atoms with van der Waals surface area (Å²) in [5.74, 6) is -1.31. The van der Waals surface area contributed by atoms with Crippen molar-refractivity contribution in [2.24, 2.45) is 0 Å². The van der Waals surface area contributed by atoms with Crippen molar-refractivity contribution in [3.05, 3.63) is 29.8 Å². The summed E-state index contributed by atoms with van der Waals surface area (Å²) < 4.78 is 25.5. The molecule has 22 heavy (non-hydrogen) atoms. The van der Waals surface area contributed by atoms with Gasteiger partial charge in [0.2, 0.25) is 10.0 Å². The van der Waals surface area contributed by atoms with Crippen molar-refractivity contribution in [3.63, 3.8) is 0 Å². The molecule has 2 N–H and O–H groups in total. The first kappa shape index (κ1) is 18.1. The van der Waals surface area contributed by atoms with Crippen LogP contribution in [0.2, 0.25) is 0 Å². The zero-order chi connectivity index (χ0) is 16.9. The Balaban J connectivity index is 2.98. The maximum absolute atomic E-state index is 12.4. The van der Waals surface area contributed by atoms with Gasteiger partial charge in [0.05, 0.1) is 11.3 Å². The van der Waals surface area contributed by atoms with Gasteiger partial charge < -0.3 is 10.0 Å². The second kappa shape index (κ2) is 7.37. The lowest BCUT2D eigenvalue weighted by atomic mass is 10.1. The normalized spacial score (nSPS) is 11.5. The van der Waals surface area contributed by atoms with Crippen LogP contribution in [0.25, 0.3) is 0 Å². The molecule has 0 heterocycles. The molecule has 1 amide bonds. The third kappa shape index (κ3) is 4.54. The first-order valence-electron chi connectivity index (χ1n) is 6.75. The molecule has 0 saturated carbocycles. The van der Waals surface area contributed by atoms with E-state index >= 15 is 0 Å². The SMILES string of the molecule is CNS(=O)(=O)c1ccc(C(=O)N(CCC(=O)O)C(C)C)cc1. The lowest BCUT2D eigenvalue weighted by molar-refractivity contribution is -0.137. The maximum atomic E-state index is 12.4. The van der Waals surface area contributed by atoms with E-state index in [4.69, 9.17) is 5.11 Å². The Morgan fingerprint density at radius 2 is 1.77 bits per heavy atom. The summed E-state index contributed by atoms with van der Waals surface area (Å²) in [7, 11) is -2.24. The molecule has 0 spiro atoms. The summed E-state index contributed by atoms with van der Waals surface area (Å²) in [6.07, 6.45) is -0.143. The van der Waals surface area contributed by atoms with Crippen molar-refractivity contribution in [1.82, 2.24) is 9.62 Å². The smallest absolute Gasteiger partial charge is 0.305 e. The van der Waals surface area contributed by atoms with Gasteiger partial charge >= 0.3 is 5.97 Å². The highest BCUT2D eigenvalue weighted by molar-refractivity contribution is 7.89. The number of benzene rings is 1. The zero-order valence-corrected chi connectivity index (χ0v) is 13.6. The molecule has 0 bridgehead atoms. The fourth-order valence-corrected chi connectivity index (χ4v) is 2.60. The van der Waals surface area contributed by atoms with Crippen molar-refractivity contribution in [2.45, 2.75) is 31.2 Å². The van der Waals surface area contributed by atoms with Crippen LogP contribution >= 0.6 is 0 Å². The molecule has 0 aliphatic rings. The minimum atomic E-state index is -3.55. The Bertz CT molecular complexity index is 638. The first-order valence-corrected chi connectivity index (χ1v) is 8.23. The van der Waals surface area contributed by atoms with Crippen LogP contribution in [0, 0.1) is 0 Å². The van der Waals surface area contributed by atoms with E-state index in [2.05, 4.69) is 4.72 Å². The van der Waals surface area contributed by atoms with Gasteiger partial charge in [-0.25, -0.2) is 13.1 Å². The number of carbonyl (C=O) groups excluding carboxylic acids is 1. The van der Waals surface area contributed by atoms with Crippen molar-refractivity contribution in [2.75, 3.05) is 13.6 Å². The Morgan fingerprint density at radius 1 is 1.23 bits per heavy atom. The topological polar surface area (TPSA) is 104 Å². The van der Waals surface area contributed by atoms with E-state index in [1.54, 1.807) is 13.8 Å². The molecule has 0 saturated heterocycles. The number of amides is 1. The number of rotatable bonds is 7. The lowest BCUT2D eigenvalue weighted by Crippen LogP contribution is -2.38. The molecule has 0 unspecified atom stereocenters. The van der Waals surface area contributed by atoms with Crippen molar-refractivity contribution in [1.29, 1.82) is 0 Å². The minimum Gasteiger partial charge on any atom is -0.481 e. The second-order valence-corrected chi connectivity index (χ2v) is 6.85. The highest BCUT2D eigenvalue weighted by Gasteiger charge is 2.20. The van der Waals surface area contributed by atoms with Crippen LogP contribution in [0.3, 0.4) is 0 Å². The third-order valence-corrected chi connectivity index (χ3v) is 4.56. The molecular weight excluding hydrogens is 308 g/mol. The van der Waals surface area contributed by atoms with Crippen LogP contribution in [0.5, 0.6) is 0 Å². The van der Waals surface area contributed by atoms with E-state index < -0.39 is 16.0 Å². The molecule has 1 rings (SSSR count). The van der Waals surface area contributed by atoms with Gasteiger partial charge in [0.25, 0.3) is 5.91 Å². The Kier molecular flexibility index (Phi) is 6.07. The van der Waals surface area contributed by atoms with Crippen LogP contribution in [-0.4, -0.2) is 49.9 Å². The quantitative estimate of drug-likeness (QED) is 0.774. The number of sulfonamides is 1. The summed E-state index contributed by atoms with van der Waals surface area (Å²) in [5, 5.41) is 8.74. The summed E-state index contributed by atoms with van der Waals surface area (Å²) in [5.41, 5.74) is 0.314. The number of aliphatic carboxylic acids is 1. The van der Waals surface area contributed by atoms with Gasteiger partial charge in [0.1, 0.15) is 0 Å². The number of hydrogen-bond donors (Lipinski definition) is 2. The van der Waals surface area contributed by atoms with Crippen molar-refractivity contribution in [3.8, 4) is 0 Å². The number of hydrogen-bond acceptors (Lipinski definition) is 4. The lowest BCUT2D eigenvalue weighted by Gasteiger charge is -2.26. The number of nitrogens with one attached hydrogen (secondary N) is 1. The molecule has 0 atom stereocenters. The zero-order valence-electron chi connectivity index (χ0n) is 12.7. The van der Waals surface area contributed by atoms with Crippen molar-refractivity contribution >= 4 is 21.9 Å². The van der Waals surface area contributed by atoms with E-state index in [-0.39, 0.29) is 29.8 Å². The number of nitrogens with zero attached hydrogens (tertiary/aromatic N) is 1. The molecule has 0 radical (unpaired) electrons. The summed E-state index contributed by atoms with van der Waals surface area (Å²) in [6.45, 7) is 3.68. The average Bonchev–Trinajstić information content (AvgIpc) is 2.46. The molecule has 1 aromatic rings. The van der Waals surface area contributed by atoms with Gasteiger partial charge in [0, 0.05) is 18.2 Å². The van der Waals surface area contributed by atoms with Crippen LogP contribution in [-0.2, 0) is 14.8 Å². The van der Waals surface area contributed by atoms with Crippen molar-refractivity contribution < 1.29 is 23.1 Å². The minimum absolute atomic E-state index is 0.0631. The molecule has 1 aromatic carbocycles. The predicted molar refractivity (Wildman–Crippen MR) is 81.1 cm³/mol. The van der Waals surface area contributed by atoms with Gasteiger partial charge in [0.15, 0.2) is 0 Å². The van der Waals surface area contributed by atoms with Gasteiger partial charge in [-0.15, -0.1) is 0 Å². The van der Waals surface area contributed by atoms with E-state index in [1.165, 1.54) is 36.2 Å². The maximum Gasteiger partial charge on any atom is 0.305 e. The first-order chi connectivity index (χ1) is 10.2. The standard InChI is InChI=1S/C14H20N2O5S/c1-10(2)16(9-8-13(17)18)14(19)11-4-6-12(7-5-11)22(20,21)15-3/h4-7,10,15H,8-9H2,1-3H3,(H,17,18). The van der Waals surface area contributed by atoms with E-state index in [0.717, 1.165) is 0 Å². The molecular formula is C14H20N2O5S. The number of carbonyl (C=O) groups is 2. The predicted octanol–water partition coefficient (Wildman–Crippen LogP) is 0.920. The second-order valence-electron chi connectivity index (χ2n) is 4.97. The molecule has 8 heteroatoms. The Hall–Kier alpha value is -1.93. The largest absolute Gasteiger partial charge is 0.481 e. The Labute approximate surface area is 130 Å². The molecule has 0 fully saturated rings. The van der Waals surface area contributed by atoms with Crippen LogP contribution in [0.4, 0.5) is 0 Å². The van der Waals surface area contributed by atoms with Crippen LogP contribution in [0.15, 0.2) is 29.2 Å². The van der Waals surface area contributed by atoms with Gasteiger partial charge in [-0.3, -0.25) is 9.59 Å². The van der Waals surface area contributed by atoms with Crippen LogP contribution < -0.4 is 4.72 Å². The third-order valence-electron chi connectivity index (χ3n) is 3.13. The fourth-order valence-electron chi connectivity index (χ4n) is 1.87. The number of carboxylic acids is 1. The van der Waals surface area contributed by atoms with Gasteiger partial charge in [-0.2, -0.15) is 0 Å². The Morgan fingerprint density at radius 3 is 2.18 bits per heavy atom. The number of carboxylic acid groups (broad SMARTS) is 1. The summed E-state index contributed by atoms with van der Waals surface area (Å²) in [4.78, 5) is 24.6. The molecule has 0 aliphatic carbocycles. The molecule has 122 valence electrons. The highest BCUT2D eigenvalue weighted by atomic mass is 32.2. The molecule has 0 aliphatic heterocycles. The van der Waals surface area contributed by atoms with Crippen LogP contribution in [0.1, 0.15) is 30.6 Å². The monoisotopic (exact) mass is 328 g/mol.